The van der Waals surface area contributed by atoms with Gasteiger partial charge < -0.3 is 10.6 Å². The lowest BCUT2D eigenvalue weighted by Crippen LogP contribution is -2.18. The maximum Gasteiger partial charge on any atom is 0.0447 e. The molecule has 0 spiro atoms. The van der Waals surface area contributed by atoms with E-state index in [0.717, 1.165) is 5.69 Å². The van der Waals surface area contributed by atoms with Crippen LogP contribution in [-0.2, 0) is 0 Å². The molecule has 3 heteroatoms. The fraction of sp³-hybridized carbons (Fsp3) is 0.286. The molecular formula is C14H16N2S. The fourth-order valence-electron chi connectivity index (χ4n) is 2.44. The molecule has 1 saturated heterocycles. The topological polar surface area (TPSA) is 29.3 Å². The zero-order valence-electron chi connectivity index (χ0n) is 9.73. The van der Waals surface area contributed by atoms with E-state index in [9.17, 15) is 0 Å². The smallest absolute Gasteiger partial charge is 0.0447 e. The highest BCUT2D eigenvalue weighted by Gasteiger charge is 2.16. The van der Waals surface area contributed by atoms with Crippen molar-refractivity contribution in [3.8, 4) is 11.1 Å². The van der Waals surface area contributed by atoms with Gasteiger partial charge in [-0.15, -0.1) is 0 Å². The third-order valence-electron chi connectivity index (χ3n) is 3.30. The second-order valence-corrected chi connectivity index (χ2v) is 5.26. The Morgan fingerprint density at radius 3 is 2.65 bits per heavy atom. The standard InChI is InChI=1S/C14H16N2S/c15-12-3-4-14(16-6-1-2-7-16)13(9-12)11-5-8-17-10-11/h3-5,8-10H,1-2,6-7,15H2. The molecule has 0 radical (unpaired) electrons. The van der Waals surface area contributed by atoms with E-state index >= 15 is 0 Å². The van der Waals surface area contributed by atoms with Gasteiger partial charge in [-0.3, -0.25) is 0 Å². The predicted octanol–water partition coefficient (Wildman–Crippen LogP) is 3.60. The van der Waals surface area contributed by atoms with Gasteiger partial charge in [-0.1, -0.05) is 0 Å². The van der Waals surface area contributed by atoms with Gasteiger partial charge in [0.05, 0.1) is 0 Å². The van der Waals surface area contributed by atoms with Crippen LogP contribution in [0.3, 0.4) is 0 Å². The van der Waals surface area contributed by atoms with Crippen LogP contribution in [0.2, 0.25) is 0 Å². The highest BCUT2D eigenvalue weighted by Crippen LogP contribution is 2.35. The van der Waals surface area contributed by atoms with Crippen LogP contribution in [0.15, 0.2) is 35.0 Å². The van der Waals surface area contributed by atoms with Gasteiger partial charge in [-0.2, -0.15) is 11.3 Å². The molecule has 1 aliphatic heterocycles. The van der Waals surface area contributed by atoms with Crippen LogP contribution in [0.25, 0.3) is 11.1 Å². The molecule has 17 heavy (non-hydrogen) atoms. The summed E-state index contributed by atoms with van der Waals surface area (Å²) in [4.78, 5) is 2.46. The quantitative estimate of drug-likeness (QED) is 0.818. The Bertz CT molecular complexity index is 499. The first kappa shape index (κ1) is 10.7. The van der Waals surface area contributed by atoms with E-state index < -0.39 is 0 Å². The molecule has 3 rings (SSSR count). The van der Waals surface area contributed by atoms with E-state index in [2.05, 4.69) is 33.9 Å². The molecule has 0 bridgehead atoms. The summed E-state index contributed by atoms with van der Waals surface area (Å²) in [6.45, 7) is 2.34. The molecule has 0 atom stereocenters. The lowest BCUT2D eigenvalue weighted by atomic mass is 10.1. The van der Waals surface area contributed by atoms with E-state index in [1.807, 2.05) is 6.07 Å². The van der Waals surface area contributed by atoms with Crippen molar-refractivity contribution >= 4 is 22.7 Å². The largest absolute Gasteiger partial charge is 0.399 e. The van der Waals surface area contributed by atoms with Crippen LogP contribution in [0.4, 0.5) is 11.4 Å². The Morgan fingerprint density at radius 2 is 1.94 bits per heavy atom. The highest BCUT2D eigenvalue weighted by molar-refractivity contribution is 7.08. The zero-order chi connectivity index (χ0) is 11.7. The Labute approximate surface area is 106 Å². The molecule has 88 valence electrons. The number of nitrogen functional groups attached to an aromatic ring is 1. The first-order valence-corrected chi connectivity index (χ1v) is 6.96. The summed E-state index contributed by atoms with van der Waals surface area (Å²) in [5, 5.41) is 4.31. The Morgan fingerprint density at radius 1 is 1.12 bits per heavy atom. The maximum absolute atomic E-state index is 5.92. The molecule has 0 amide bonds. The van der Waals surface area contributed by atoms with Gasteiger partial charge in [0.2, 0.25) is 0 Å². The predicted molar refractivity (Wildman–Crippen MR) is 75.6 cm³/mol. The van der Waals surface area contributed by atoms with Crippen molar-refractivity contribution in [1.82, 2.24) is 0 Å². The molecule has 0 saturated carbocycles. The number of thiophene rings is 1. The summed E-state index contributed by atoms with van der Waals surface area (Å²) in [5.74, 6) is 0. The van der Waals surface area contributed by atoms with E-state index in [-0.39, 0.29) is 0 Å². The lowest BCUT2D eigenvalue weighted by Gasteiger charge is -2.21. The normalized spacial score (nSPS) is 15.4. The Balaban J connectivity index is 2.08. The van der Waals surface area contributed by atoms with Crippen LogP contribution in [0, 0.1) is 0 Å². The van der Waals surface area contributed by atoms with Gasteiger partial charge in [0.25, 0.3) is 0 Å². The van der Waals surface area contributed by atoms with Crippen molar-refractivity contribution in [3.63, 3.8) is 0 Å². The minimum atomic E-state index is 0.842. The molecule has 2 nitrogen and oxygen atoms in total. The Hall–Kier alpha value is -1.48. The van der Waals surface area contributed by atoms with Crippen LogP contribution in [0.1, 0.15) is 12.8 Å². The fourth-order valence-corrected chi connectivity index (χ4v) is 3.09. The number of nitrogens with two attached hydrogens (primary N) is 1. The summed E-state index contributed by atoms with van der Waals surface area (Å²) < 4.78 is 0. The van der Waals surface area contributed by atoms with Crippen molar-refractivity contribution < 1.29 is 0 Å². The summed E-state index contributed by atoms with van der Waals surface area (Å²) in [5.41, 5.74) is 10.6. The summed E-state index contributed by atoms with van der Waals surface area (Å²) in [7, 11) is 0. The molecule has 1 aromatic heterocycles. The number of hydrogen-bond acceptors (Lipinski definition) is 3. The number of benzene rings is 1. The van der Waals surface area contributed by atoms with Gasteiger partial charge in [0.15, 0.2) is 0 Å². The second-order valence-electron chi connectivity index (χ2n) is 4.48. The van der Waals surface area contributed by atoms with E-state index in [0.29, 0.717) is 0 Å². The lowest BCUT2D eigenvalue weighted by molar-refractivity contribution is 0.949. The summed E-state index contributed by atoms with van der Waals surface area (Å²) in [6, 6.07) is 8.42. The number of anilines is 2. The molecule has 1 fully saturated rings. The molecule has 0 aliphatic carbocycles. The molecule has 2 aromatic rings. The third kappa shape index (κ3) is 2.03. The first-order chi connectivity index (χ1) is 8.34. The SMILES string of the molecule is Nc1ccc(N2CCCC2)c(-c2ccsc2)c1. The molecule has 0 unspecified atom stereocenters. The van der Waals surface area contributed by atoms with Crippen molar-refractivity contribution in [2.75, 3.05) is 23.7 Å². The van der Waals surface area contributed by atoms with Gasteiger partial charge in [-0.05, 0) is 53.4 Å². The molecule has 2 heterocycles. The number of hydrogen-bond donors (Lipinski definition) is 1. The van der Waals surface area contributed by atoms with E-state index in [1.54, 1.807) is 11.3 Å². The molecule has 1 aliphatic rings. The third-order valence-corrected chi connectivity index (χ3v) is 3.98. The average Bonchev–Trinajstić information content (AvgIpc) is 3.02. The van der Waals surface area contributed by atoms with Crippen molar-refractivity contribution in [3.05, 3.63) is 35.0 Å². The van der Waals surface area contributed by atoms with Crippen LogP contribution in [-0.4, -0.2) is 13.1 Å². The van der Waals surface area contributed by atoms with Gasteiger partial charge in [-0.25, -0.2) is 0 Å². The molecule has 1 aromatic carbocycles. The van der Waals surface area contributed by atoms with Gasteiger partial charge >= 0.3 is 0 Å². The van der Waals surface area contributed by atoms with Crippen molar-refractivity contribution in [1.29, 1.82) is 0 Å². The van der Waals surface area contributed by atoms with Crippen LogP contribution < -0.4 is 10.6 Å². The summed E-state index contributed by atoms with van der Waals surface area (Å²) in [6.07, 6.45) is 2.60. The van der Waals surface area contributed by atoms with E-state index in [1.165, 1.54) is 42.7 Å². The van der Waals surface area contributed by atoms with Gasteiger partial charge in [0.1, 0.15) is 0 Å². The first-order valence-electron chi connectivity index (χ1n) is 6.01. The number of nitrogens with zero attached hydrogens (tertiary/aromatic N) is 1. The van der Waals surface area contributed by atoms with Gasteiger partial charge in [0, 0.05) is 30.0 Å². The second kappa shape index (κ2) is 4.41. The minimum Gasteiger partial charge on any atom is -0.399 e. The Kier molecular flexibility index (Phi) is 2.77. The minimum absolute atomic E-state index is 0.842. The van der Waals surface area contributed by atoms with Crippen molar-refractivity contribution in [2.24, 2.45) is 0 Å². The van der Waals surface area contributed by atoms with Crippen molar-refractivity contribution in [2.45, 2.75) is 12.8 Å². The van der Waals surface area contributed by atoms with E-state index in [4.69, 9.17) is 5.73 Å². The van der Waals surface area contributed by atoms with Crippen LogP contribution >= 0.6 is 11.3 Å². The monoisotopic (exact) mass is 244 g/mol. The average molecular weight is 244 g/mol. The molecular weight excluding hydrogens is 228 g/mol. The maximum atomic E-state index is 5.92. The summed E-state index contributed by atoms with van der Waals surface area (Å²) >= 11 is 1.73. The number of rotatable bonds is 2. The zero-order valence-corrected chi connectivity index (χ0v) is 10.5. The highest BCUT2D eigenvalue weighted by atomic mass is 32.1. The van der Waals surface area contributed by atoms with Crippen LogP contribution in [0.5, 0.6) is 0 Å². The molecule has 2 N–H and O–H groups in total.